The van der Waals surface area contributed by atoms with E-state index in [-0.39, 0.29) is 28.5 Å². The van der Waals surface area contributed by atoms with Crippen LogP contribution in [0.15, 0.2) is 29.2 Å². The van der Waals surface area contributed by atoms with Crippen molar-refractivity contribution < 1.29 is 16.8 Å². The number of sulfonamides is 1. The van der Waals surface area contributed by atoms with Crippen molar-refractivity contribution in [3.63, 3.8) is 0 Å². The van der Waals surface area contributed by atoms with Gasteiger partial charge in [0.25, 0.3) is 0 Å². The Morgan fingerprint density at radius 2 is 1.67 bits per heavy atom. The molecular weight excluding hydrogens is 312 g/mol. The second-order valence-corrected chi connectivity index (χ2v) is 9.61. The van der Waals surface area contributed by atoms with Crippen LogP contribution in [0.25, 0.3) is 0 Å². The number of nitrogens with one attached hydrogen (secondary N) is 2. The first-order valence-electron chi connectivity index (χ1n) is 6.93. The summed E-state index contributed by atoms with van der Waals surface area (Å²) in [5.41, 5.74) is 0.738. The van der Waals surface area contributed by atoms with E-state index in [0.717, 1.165) is 18.5 Å². The van der Waals surface area contributed by atoms with E-state index in [9.17, 15) is 16.8 Å². The maximum Gasteiger partial charge on any atom is 0.240 e. The Kier molecular flexibility index (Phi) is 3.71. The summed E-state index contributed by atoms with van der Waals surface area (Å²) >= 11 is 0. The zero-order valence-corrected chi connectivity index (χ0v) is 13.1. The van der Waals surface area contributed by atoms with Crippen LogP contribution in [0.2, 0.25) is 0 Å². The van der Waals surface area contributed by atoms with Gasteiger partial charge in [0.1, 0.15) is 0 Å². The molecule has 116 valence electrons. The van der Waals surface area contributed by atoms with E-state index >= 15 is 0 Å². The maximum atomic E-state index is 12.0. The topological polar surface area (TPSA) is 92.3 Å². The van der Waals surface area contributed by atoms with Crippen LogP contribution in [-0.4, -0.2) is 40.4 Å². The second kappa shape index (κ2) is 5.26. The number of hydrogen-bond acceptors (Lipinski definition) is 5. The summed E-state index contributed by atoms with van der Waals surface area (Å²) < 4.78 is 49.4. The SMILES string of the molecule is O=S1(=O)CCC(Nc2ccc(S(=O)(=O)NC3CC3)cc2)C1. The van der Waals surface area contributed by atoms with Gasteiger partial charge < -0.3 is 5.32 Å². The first-order valence-corrected chi connectivity index (χ1v) is 10.2. The quantitative estimate of drug-likeness (QED) is 0.830. The van der Waals surface area contributed by atoms with Gasteiger partial charge in [-0.1, -0.05) is 0 Å². The highest BCUT2D eigenvalue weighted by atomic mass is 32.2. The highest BCUT2D eigenvalue weighted by Crippen LogP contribution is 2.23. The van der Waals surface area contributed by atoms with E-state index < -0.39 is 19.9 Å². The molecule has 0 amide bonds. The molecule has 1 heterocycles. The normalized spacial score (nSPS) is 24.9. The highest BCUT2D eigenvalue weighted by Gasteiger charge is 2.29. The molecule has 1 atom stereocenters. The molecule has 1 aliphatic heterocycles. The van der Waals surface area contributed by atoms with E-state index in [1.165, 1.54) is 12.1 Å². The van der Waals surface area contributed by atoms with E-state index in [0.29, 0.717) is 6.42 Å². The molecular formula is C13H18N2O4S2. The van der Waals surface area contributed by atoms with Gasteiger partial charge in [-0.25, -0.2) is 21.6 Å². The fourth-order valence-corrected chi connectivity index (χ4v) is 5.34. The van der Waals surface area contributed by atoms with Crippen LogP contribution < -0.4 is 10.0 Å². The van der Waals surface area contributed by atoms with Crippen molar-refractivity contribution in [1.29, 1.82) is 0 Å². The molecule has 2 fully saturated rings. The molecule has 2 aliphatic rings. The average molecular weight is 330 g/mol. The van der Waals surface area contributed by atoms with Crippen LogP contribution >= 0.6 is 0 Å². The highest BCUT2D eigenvalue weighted by molar-refractivity contribution is 7.91. The molecule has 0 spiro atoms. The lowest BCUT2D eigenvalue weighted by molar-refractivity contribution is 0.581. The van der Waals surface area contributed by atoms with Gasteiger partial charge in [0.15, 0.2) is 9.84 Å². The molecule has 1 saturated heterocycles. The van der Waals surface area contributed by atoms with Crippen molar-refractivity contribution in [1.82, 2.24) is 4.72 Å². The molecule has 8 heteroatoms. The number of rotatable bonds is 5. The van der Waals surface area contributed by atoms with Gasteiger partial charge in [-0.15, -0.1) is 0 Å². The van der Waals surface area contributed by atoms with Crippen molar-refractivity contribution in [2.24, 2.45) is 0 Å². The molecule has 21 heavy (non-hydrogen) atoms. The predicted octanol–water partition coefficient (Wildman–Crippen LogP) is 0.726. The van der Waals surface area contributed by atoms with E-state index in [2.05, 4.69) is 10.0 Å². The molecule has 1 saturated carbocycles. The Hall–Kier alpha value is -1.12. The van der Waals surface area contributed by atoms with Crippen molar-refractivity contribution >= 4 is 25.5 Å². The third kappa shape index (κ3) is 3.75. The largest absolute Gasteiger partial charge is 0.381 e. The van der Waals surface area contributed by atoms with Crippen LogP contribution in [0.5, 0.6) is 0 Å². The van der Waals surface area contributed by atoms with Crippen LogP contribution in [0.1, 0.15) is 19.3 Å². The molecule has 1 aromatic carbocycles. The lowest BCUT2D eigenvalue weighted by Gasteiger charge is -2.13. The molecule has 0 bridgehead atoms. The monoisotopic (exact) mass is 330 g/mol. The minimum absolute atomic E-state index is 0.0801. The number of sulfone groups is 1. The van der Waals surface area contributed by atoms with E-state index in [4.69, 9.17) is 0 Å². The smallest absolute Gasteiger partial charge is 0.240 e. The number of anilines is 1. The molecule has 0 radical (unpaired) electrons. The zero-order valence-electron chi connectivity index (χ0n) is 11.4. The molecule has 0 aromatic heterocycles. The van der Waals surface area contributed by atoms with Gasteiger partial charge in [0.05, 0.1) is 16.4 Å². The standard InChI is InChI=1S/C13H18N2O4S2/c16-20(17)8-7-12(9-20)14-10-3-5-13(6-4-10)21(18,19)15-11-1-2-11/h3-6,11-12,14-15H,1-2,7-9H2. The molecule has 1 aliphatic carbocycles. The van der Waals surface area contributed by atoms with Crippen molar-refractivity contribution in [2.45, 2.75) is 36.2 Å². The number of benzene rings is 1. The van der Waals surface area contributed by atoms with Crippen molar-refractivity contribution in [2.75, 3.05) is 16.8 Å². The minimum Gasteiger partial charge on any atom is -0.381 e. The van der Waals surface area contributed by atoms with Gasteiger partial charge in [0, 0.05) is 17.8 Å². The Bertz CT molecular complexity index is 722. The summed E-state index contributed by atoms with van der Waals surface area (Å²) in [7, 11) is -6.36. The van der Waals surface area contributed by atoms with E-state index in [1.54, 1.807) is 12.1 Å². The third-order valence-electron chi connectivity index (χ3n) is 3.67. The summed E-state index contributed by atoms with van der Waals surface area (Å²) in [4.78, 5) is 0.235. The van der Waals surface area contributed by atoms with E-state index in [1.807, 2.05) is 0 Å². The summed E-state index contributed by atoms with van der Waals surface area (Å²) in [6.45, 7) is 0. The summed E-state index contributed by atoms with van der Waals surface area (Å²) in [6.07, 6.45) is 2.38. The second-order valence-electron chi connectivity index (χ2n) is 5.66. The van der Waals surface area contributed by atoms with Gasteiger partial charge in [-0.2, -0.15) is 0 Å². The number of hydrogen-bond donors (Lipinski definition) is 2. The zero-order chi connectivity index (χ0) is 15.1. The van der Waals surface area contributed by atoms with Gasteiger partial charge >= 0.3 is 0 Å². The Morgan fingerprint density at radius 1 is 1.00 bits per heavy atom. The van der Waals surface area contributed by atoms with Gasteiger partial charge in [0.2, 0.25) is 10.0 Å². The predicted molar refractivity (Wildman–Crippen MR) is 80.5 cm³/mol. The Labute approximate surface area is 124 Å². The Balaban J connectivity index is 1.66. The Morgan fingerprint density at radius 3 is 2.19 bits per heavy atom. The lowest BCUT2D eigenvalue weighted by atomic mass is 10.2. The third-order valence-corrected chi connectivity index (χ3v) is 6.97. The molecule has 1 aromatic rings. The maximum absolute atomic E-state index is 12.0. The molecule has 3 rings (SSSR count). The summed E-state index contributed by atoms with van der Waals surface area (Å²) in [6, 6.07) is 6.41. The molecule has 6 nitrogen and oxygen atoms in total. The molecule has 2 N–H and O–H groups in total. The minimum atomic E-state index is -3.43. The van der Waals surface area contributed by atoms with Crippen LogP contribution in [0.3, 0.4) is 0 Å². The van der Waals surface area contributed by atoms with Crippen molar-refractivity contribution in [3.05, 3.63) is 24.3 Å². The van der Waals surface area contributed by atoms with Crippen LogP contribution in [-0.2, 0) is 19.9 Å². The van der Waals surface area contributed by atoms with Gasteiger partial charge in [-0.05, 0) is 43.5 Å². The van der Waals surface area contributed by atoms with Crippen LogP contribution in [0.4, 0.5) is 5.69 Å². The van der Waals surface area contributed by atoms with Crippen LogP contribution in [0, 0.1) is 0 Å². The first kappa shape index (κ1) is 14.8. The summed E-state index contributed by atoms with van der Waals surface area (Å²) in [5.74, 6) is 0.346. The van der Waals surface area contributed by atoms with Gasteiger partial charge in [-0.3, -0.25) is 0 Å². The fourth-order valence-electron chi connectivity index (χ4n) is 2.36. The molecule has 1 unspecified atom stereocenters. The summed E-state index contributed by atoms with van der Waals surface area (Å²) in [5, 5.41) is 3.13. The average Bonchev–Trinajstić information content (AvgIpc) is 3.13. The lowest BCUT2D eigenvalue weighted by Crippen LogP contribution is -2.25. The first-order chi connectivity index (χ1) is 9.84. The fraction of sp³-hybridized carbons (Fsp3) is 0.538. The van der Waals surface area contributed by atoms with Crippen molar-refractivity contribution in [3.8, 4) is 0 Å².